The van der Waals surface area contributed by atoms with Crippen molar-refractivity contribution in [3.8, 4) is 11.5 Å². The van der Waals surface area contributed by atoms with Crippen molar-refractivity contribution in [3.05, 3.63) is 23.8 Å². The lowest BCUT2D eigenvalue weighted by Crippen LogP contribution is -2.40. The average Bonchev–Trinajstić information content (AvgIpc) is 2.30. The molecule has 1 aromatic carbocycles. The maximum atomic E-state index is 11.8. The van der Waals surface area contributed by atoms with E-state index < -0.39 is 17.3 Å². The number of carbonyl (C=O) groups excluding carboxylic acids is 1. The Morgan fingerprint density at radius 3 is 2.67 bits per heavy atom. The van der Waals surface area contributed by atoms with Crippen molar-refractivity contribution in [2.24, 2.45) is 0 Å². The van der Waals surface area contributed by atoms with Crippen LogP contribution in [-0.2, 0) is 4.74 Å². The van der Waals surface area contributed by atoms with Crippen LogP contribution in [0.3, 0.4) is 0 Å². The summed E-state index contributed by atoms with van der Waals surface area (Å²) < 4.78 is 5.44. The van der Waals surface area contributed by atoms with Crippen LogP contribution in [0.5, 0.6) is 11.5 Å². The molecule has 3 N–H and O–H groups in total. The smallest absolute Gasteiger partial charge is 0.255 e. The minimum absolute atomic E-state index is 0.0438. The molecule has 5 heteroatoms. The zero-order valence-corrected chi connectivity index (χ0v) is 10.9. The maximum absolute atomic E-state index is 11.8. The Labute approximate surface area is 106 Å². The highest BCUT2D eigenvalue weighted by Gasteiger charge is 2.20. The van der Waals surface area contributed by atoms with E-state index in [1.165, 1.54) is 18.2 Å². The van der Waals surface area contributed by atoms with Crippen molar-refractivity contribution >= 4 is 5.91 Å². The molecule has 0 unspecified atom stereocenters. The molecule has 0 aromatic heterocycles. The molecule has 0 aliphatic heterocycles. The zero-order valence-electron chi connectivity index (χ0n) is 10.9. The van der Waals surface area contributed by atoms with Crippen LogP contribution in [-0.4, -0.2) is 34.9 Å². The third kappa shape index (κ3) is 3.63. The molecule has 0 radical (unpaired) electrons. The molecule has 0 saturated heterocycles. The molecule has 0 atom stereocenters. The van der Waals surface area contributed by atoms with Gasteiger partial charge in [-0.25, -0.2) is 0 Å². The Morgan fingerprint density at radius 1 is 1.39 bits per heavy atom. The second kappa shape index (κ2) is 5.73. The number of carbonyl (C=O) groups is 1. The van der Waals surface area contributed by atoms with Gasteiger partial charge in [0.2, 0.25) is 0 Å². The van der Waals surface area contributed by atoms with Gasteiger partial charge in [0, 0.05) is 13.2 Å². The first kappa shape index (κ1) is 14.3. The molecule has 0 bridgehead atoms. The van der Waals surface area contributed by atoms with Crippen molar-refractivity contribution in [1.29, 1.82) is 0 Å². The number of hydrogen-bond acceptors (Lipinski definition) is 4. The van der Waals surface area contributed by atoms with Gasteiger partial charge in [0.1, 0.15) is 0 Å². The fraction of sp³-hybridized carbons (Fsp3) is 0.462. The molecule has 100 valence electrons. The predicted octanol–water partition coefficient (Wildman–Crippen LogP) is 1.64. The molecule has 1 aromatic rings. The molecule has 0 spiro atoms. The predicted molar refractivity (Wildman–Crippen MR) is 67.8 cm³/mol. The van der Waals surface area contributed by atoms with Crippen LogP contribution in [0.1, 0.15) is 31.1 Å². The quantitative estimate of drug-likeness (QED) is 0.697. The number of nitrogens with one attached hydrogen (secondary N) is 1. The normalized spacial score (nSPS) is 11.3. The third-order valence-electron chi connectivity index (χ3n) is 2.47. The van der Waals surface area contributed by atoms with E-state index in [0.29, 0.717) is 13.2 Å². The fourth-order valence-corrected chi connectivity index (χ4v) is 1.54. The summed E-state index contributed by atoms with van der Waals surface area (Å²) in [5.41, 5.74) is -0.432. The van der Waals surface area contributed by atoms with Gasteiger partial charge < -0.3 is 20.3 Å². The molecule has 0 heterocycles. The second-order valence-corrected chi connectivity index (χ2v) is 4.55. The third-order valence-corrected chi connectivity index (χ3v) is 2.47. The van der Waals surface area contributed by atoms with E-state index in [4.69, 9.17) is 4.74 Å². The average molecular weight is 253 g/mol. The standard InChI is InChI=1S/C13H19NO4/c1-4-18-13(2,3)8-14-12(17)9-6-5-7-10(15)11(9)16/h5-7,15-16H,4,8H2,1-3H3,(H,14,17). The first-order valence-electron chi connectivity index (χ1n) is 5.80. The molecule has 0 aliphatic rings. The van der Waals surface area contributed by atoms with Gasteiger partial charge in [-0.1, -0.05) is 6.07 Å². The van der Waals surface area contributed by atoms with Gasteiger partial charge in [0.25, 0.3) is 5.91 Å². The van der Waals surface area contributed by atoms with Crippen molar-refractivity contribution in [2.45, 2.75) is 26.4 Å². The second-order valence-electron chi connectivity index (χ2n) is 4.55. The topological polar surface area (TPSA) is 78.8 Å². The summed E-state index contributed by atoms with van der Waals surface area (Å²) in [6.07, 6.45) is 0. The molecule has 5 nitrogen and oxygen atoms in total. The van der Waals surface area contributed by atoms with Crippen molar-refractivity contribution in [2.75, 3.05) is 13.2 Å². The Kier molecular flexibility index (Phi) is 4.55. The Hall–Kier alpha value is -1.75. The summed E-state index contributed by atoms with van der Waals surface area (Å²) in [5, 5.41) is 21.5. The van der Waals surface area contributed by atoms with E-state index >= 15 is 0 Å². The number of ether oxygens (including phenoxy) is 1. The molecule has 18 heavy (non-hydrogen) atoms. The van der Waals surface area contributed by atoms with Crippen LogP contribution in [0, 0.1) is 0 Å². The number of para-hydroxylation sites is 1. The Bertz CT molecular complexity index is 429. The first-order valence-corrected chi connectivity index (χ1v) is 5.80. The van der Waals surface area contributed by atoms with E-state index in [2.05, 4.69) is 5.32 Å². The number of benzene rings is 1. The summed E-state index contributed by atoms with van der Waals surface area (Å²) >= 11 is 0. The number of phenols is 2. The van der Waals surface area contributed by atoms with Gasteiger partial charge in [-0.3, -0.25) is 4.79 Å². The number of hydrogen-bond donors (Lipinski definition) is 3. The summed E-state index contributed by atoms with van der Waals surface area (Å²) in [4.78, 5) is 11.8. The van der Waals surface area contributed by atoms with Crippen LogP contribution >= 0.6 is 0 Å². The van der Waals surface area contributed by atoms with E-state index in [-0.39, 0.29) is 11.3 Å². The van der Waals surface area contributed by atoms with E-state index in [1.54, 1.807) is 0 Å². The van der Waals surface area contributed by atoms with Gasteiger partial charge in [0.15, 0.2) is 11.5 Å². The lowest BCUT2D eigenvalue weighted by molar-refractivity contribution is -0.00817. The number of phenolic OH excluding ortho intramolecular Hbond substituents is 2. The largest absolute Gasteiger partial charge is 0.504 e. The zero-order chi connectivity index (χ0) is 13.8. The first-order chi connectivity index (χ1) is 8.37. The van der Waals surface area contributed by atoms with Gasteiger partial charge in [-0.2, -0.15) is 0 Å². The Morgan fingerprint density at radius 2 is 2.06 bits per heavy atom. The van der Waals surface area contributed by atoms with Gasteiger partial charge >= 0.3 is 0 Å². The summed E-state index contributed by atoms with van der Waals surface area (Å²) in [5.74, 6) is -1.17. The van der Waals surface area contributed by atoms with Crippen molar-refractivity contribution < 1.29 is 19.7 Å². The highest BCUT2D eigenvalue weighted by atomic mass is 16.5. The van der Waals surface area contributed by atoms with E-state index in [0.717, 1.165) is 0 Å². The molecule has 1 amide bonds. The molecule has 0 saturated carbocycles. The van der Waals surface area contributed by atoms with Gasteiger partial charge in [0.05, 0.1) is 11.2 Å². The van der Waals surface area contributed by atoms with Crippen LogP contribution in [0.25, 0.3) is 0 Å². The summed E-state index contributed by atoms with van der Waals surface area (Å²) in [6.45, 7) is 6.47. The van der Waals surface area contributed by atoms with Crippen LogP contribution in [0.4, 0.5) is 0 Å². The molecular formula is C13H19NO4. The Balaban J connectivity index is 2.69. The number of aromatic hydroxyl groups is 2. The number of rotatable bonds is 5. The fourth-order valence-electron chi connectivity index (χ4n) is 1.54. The highest BCUT2D eigenvalue weighted by molar-refractivity contribution is 5.97. The summed E-state index contributed by atoms with van der Waals surface area (Å²) in [6, 6.07) is 4.26. The van der Waals surface area contributed by atoms with Crippen molar-refractivity contribution in [3.63, 3.8) is 0 Å². The molecule has 1 rings (SSSR count). The van der Waals surface area contributed by atoms with Crippen LogP contribution in [0.2, 0.25) is 0 Å². The summed E-state index contributed by atoms with van der Waals surface area (Å²) in [7, 11) is 0. The number of amides is 1. The van der Waals surface area contributed by atoms with E-state index in [1.807, 2.05) is 20.8 Å². The molecule has 0 aliphatic carbocycles. The van der Waals surface area contributed by atoms with Gasteiger partial charge in [-0.05, 0) is 32.9 Å². The highest BCUT2D eigenvalue weighted by Crippen LogP contribution is 2.27. The van der Waals surface area contributed by atoms with Crippen molar-refractivity contribution in [1.82, 2.24) is 5.32 Å². The monoisotopic (exact) mass is 253 g/mol. The minimum Gasteiger partial charge on any atom is -0.504 e. The lowest BCUT2D eigenvalue weighted by Gasteiger charge is -2.24. The van der Waals surface area contributed by atoms with Gasteiger partial charge in [-0.15, -0.1) is 0 Å². The minimum atomic E-state index is -0.475. The molecular weight excluding hydrogens is 234 g/mol. The van der Waals surface area contributed by atoms with Crippen LogP contribution in [0.15, 0.2) is 18.2 Å². The SMILES string of the molecule is CCOC(C)(C)CNC(=O)c1cccc(O)c1O. The lowest BCUT2D eigenvalue weighted by atomic mass is 10.1. The maximum Gasteiger partial charge on any atom is 0.255 e. The van der Waals surface area contributed by atoms with E-state index in [9.17, 15) is 15.0 Å². The molecule has 0 fully saturated rings. The van der Waals surface area contributed by atoms with Crippen LogP contribution < -0.4 is 5.32 Å².